The number of aliphatic hydroxyl groups excluding tert-OH is 1. The smallest absolute Gasteiger partial charge is 0.0701 e. The third kappa shape index (κ3) is 3.65. The maximum absolute atomic E-state index is 8.67. The highest BCUT2D eigenvalue weighted by molar-refractivity contribution is 4.83. The lowest BCUT2D eigenvalue weighted by molar-refractivity contribution is -0.0342. The van der Waals surface area contributed by atoms with Crippen molar-refractivity contribution in [3.63, 3.8) is 0 Å². The molecule has 0 aromatic rings. The predicted molar refractivity (Wildman–Crippen MR) is 53.6 cm³/mol. The van der Waals surface area contributed by atoms with Gasteiger partial charge in [0.05, 0.1) is 19.3 Å². The summed E-state index contributed by atoms with van der Waals surface area (Å²) in [6.07, 6.45) is 3.96. The fraction of sp³-hybridized carbons (Fsp3) is 1.00. The number of hydrogen-bond acceptors (Lipinski definition) is 2. The van der Waals surface area contributed by atoms with Gasteiger partial charge in [0.2, 0.25) is 0 Å². The van der Waals surface area contributed by atoms with Crippen LogP contribution in [0.3, 0.4) is 0 Å². The summed E-state index contributed by atoms with van der Waals surface area (Å²) >= 11 is 0. The highest BCUT2D eigenvalue weighted by Gasteiger charge is 2.32. The minimum atomic E-state index is 0.144. The zero-order chi connectivity index (χ0) is 9.90. The molecule has 1 aliphatic carbocycles. The van der Waals surface area contributed by atoms with Crippen molar-refractivity contribution in [2.24, 2.45) is 11.3 Å². The van der Waals surface area contributed by atoms with E-state index in [4.69, 9.17) is 9.84 Å². The molecule has 0 aromatic carbocycles. The first-order valence-corrected chi connectivity index (χ1v) is 5.26. The molecule has 0 bridgehead atoms. The Balaban J connectivity index is 2.38. The third-order valence-electron chi connectivity index (χ3n) is 2.79. The lowest BCUT2D eigenvalue weighted by Crippen LogP contribution is -2.33. The standard InChI is InChI=1S/C11H22O2/c1-9-6-10(13-5-4-12)8-11(2,3)7-9/h9-10,12H,4-8H2,1-3H3/t9-,10-/m0/s1. The van der Waals surface area contributed by atoms with E-state index >= 15 is 0 Å². The quantitative estimate of drug-likeness (QED) is 0.732. The van der Waals surface area contributed by atoms with Crippen LogP contribution in [0.1, 0.15) is 40.0 Å². The molecule has 0 heterocycles. The summed E-state index contributed by atoms with van der Waals surface area (Å²) in [4.78, 5) is 0. The van der Waals surface area contributed by atoms with Gasteiger partial charge in [0, 0.05) is 0 Å². The zero-order valence-electron chi connectivity index (χ0n) is 9.05. The zero-order valence-corrected chi connectivity index (χ0v) is 9.05. The highest BCUT2D eigenvalue weighted by atomic mass is 16.5. The Morgan fingerprint density at radius 2 is 2.08 bits per heavy atom. The first-order chi connectivity index (χ1) is 6.03. The lowest BCUT2D eigenvalue weighted by atomic mass is 9.71. The predicted octanol–water partition coefficient (Wildman–Crippen LogP) is 2.21. The molecule has 2 heteroatoms. The number of rotatable bonds is 3. The second-order valence-corrected chi connectivity index (χ2v) is 5.13. The Hall–Kier alpha value is -0.0800. The molecule has 0 aliphatic heterocycles. The van der Waals surface area contributed by atoms with Gasteiger partial charge in [-0.2, -0.15) is 0 Å². The molecule has 78 valence electrons. The molecule has 0 radical (unpaired) electrons. The molecule has 1 rings (SSSR count). The average Bonchev–Trinajstić information content (AvgIpc) is 1.97. The maximum Gasteiger partial charge on any atom is 0.0701 e. The Morgan fingerprint density at radius 3 is 2.62 bits per heavy atom. The molecule has 1 N–H and O–H groups in total. The Labute approximate surface area is 81.3 Å². The van der Waals surface area contributed by atoms with E-state index in [9.17, 15) is 0 Å². The second kappa shape index (κ2) is 4.43. The summed E-state index contributed by atoms with van der Waals surface area (Å²) in [7, 11) is 0. The van der Waals surface area contributed by atoms with Gasteiger partial charge in [-0.15, -0.1) is 0 Å². The van der Waals surface area contributed by atoms with Crippen molar-refractivity contribution >= 4 is 0 Å². The number of ether oxygens (including phenoxy) is 1. The van der Waals surface area contributed by atoms with Crippen LogP contribution in [0.4, 0.5) is 0 Å². The van der Waals surface area contributed by atoms with Crippen LogP contribution in [0.2, 0.25) is 0 Å². The van der Waals surface area contributed by atoms with Crippen molar-refractivity contribution < 1.29 is 9.84 Å². The largest absolute Gasteiger partial charge is 0.394 e. The molecular formula is C11H22O2. The van der Waals surface area contributed by atoms with Crippen LogP contribution < -0.4 is 0 Å². The second-order valence-electron chi connectivity index (χ2n) is 5.13. The van der Waals surface area contributed by atoms with Gasteiger partial charge in [-0.25, -0.2) is 0 Å². The summed E-state index contributed by atoms with van der Waals surface area (Å²) in [5.74, 6) is 0.757. The van der Waals surface area contributed by atoms with E-state index in [0.29, 0.717) is 18.1 Å². The van der Waals surface area contributed by atoms with Crippen LogP contribution >= 0.6 is 0 Å². The fourth-order valence-electron chi connectivity index (χ4n) is 2.60. The van der Waals surface area contributed by atoms with Crippen LogP contribution in [0, 0.1) is 11.3 Å². The van der Waals surface area contributed by atoms with E-state index in [1.165, 1.54) is 6.42 Å². The van der Waals surface area contributed by atoms with Crippen molar-refractivity contribution in [3.8, 4) is 0 Å². The number of aliphatic hydroxyl groups is 1. The van der Waals surface area contributed by atoms with E-state index in [-0.39, 0.29) is 6.61 Å². The van der Waals surface area contributed by atoms with Crippen LogP contribution in [0.5, 0.6) is 0 Å². The van der Waals surface area contributed by atoms with Crippen LogP contribution in [-0.2, 0) is 4.74 Å². The van der Waals surface area contributed by atoms with E-state index < -0.39 is 0 Å². The van der Waals surface area contributed by atoms with Crippen molar-refractivity contribution in [2.75, 3.05) is 13.2 Å². The fourth-order valence-corrected chi connectivity index (χ4v) is 2.60. The molecule has 0 saturated heterocycles. The van der Waals surface area contributed by atoms with Gasteiger partial charge in [0.25, 0.3) is 0 Å². The van der Waals surface area contributed by atoms with Crippen molar-refractivity contribution in [1.82, 2.24) is 0 Å². The molecule has 1 saturated carbocycles. The Morgan fingerprint density at radius 1 is 1.38 bits per heavy atom. The van der Waals surface area contributed by atoms with Gasteiger partial charge < -0.3 is 9.84 Å². The molecule has 13 heavy (non-hydrogen) atoms. The summed E-state index contributed by atoms with van der Waals surface area (Å²) in [5.41, 5.74) is 0.414. The van der Waals surface area contributed by atoms with Crippen LogP contribution in [0.15, 0.2) is 0 Å². The van der Waals surface area contributed by atoms with Gasteiger partial charge >= 0.3 is 0 Å². The van der Waals surface area contributed by atoms with Crippen LogP contribution in [-0.4, -0.2) is 24.4 Å². The first-order valence-electron chi connectivity index (χ1n) is 5.26. The number of hydrogen-bond donors (Lipinski definition) is 1. The molecule has 1 fully saturated rings. The third-order valence-corrected chi connectivity index (χ3v) is 2.79. The molecule has 2 atom stereocenters. The topological polar surface area (TPSA) is 29.5 Å². The average molecular weight is 186 g/mol. The van der Waals surface area contributed by atoms with Gasteiger partial charge in [-0.3, -0.25) is 0 Å². The molecule has 0 aromatic heterocycles. The minimum Gasteiger partial charge on any atom is -0.394 e. The first kappa shape index (κ1) is 11.0. The van der Waals surface area contributed by atoms with Gasteiger partial charge in [-0.1, -0.05) is 20.8 Å². The summed E-state index contributed by atoms with van der Waals surface area (Å²) in [6, 6.07) is 0. The highest BCUT2D eigenvalue weighted by Crippen LogP contribution is 2.39. The van der Waals surface area contributed by atoms with Gasteiger partial charge in [-0.05, 0) is 30.6 Å². The minimum absolute atomic E-state index is 0.144. The van der Waals surface area contributed by atoms with Gasteiger partial charge in [0.1, 0.15) is 0 Å². The molecule has 0 spiro atoms. The van der Waals surface area contributed by atoms with E-state index in [0.717, 1.165) is 18.8 Å². The lowest BCUT2D eigenvalue weighted by Gasteiger charge is -2.38. The van der Waals surface area contributed by atoms with Gasteiger partial charge in [0.15, 0.2) is 0 Å². The molecule has 1 aliphatic rings. The summed E-state index contributed by atoms with van der Waals surface area (Å²) < 4.78 is 5.59. The molecule has 2 nitrogen and oxygen atoms in total. The normalized spacial score (nSPS) is 33.2. The van der Waals surface area contributed by atoms with E-state index in [1.807, 2.05) is 0 Å². The summed E-state index contributed by atoms with van der Waals surface area (Å²) in [6.45, 7) is 7.53. The van der Waals surface area contributed by atoms with E-state index in [2.05, 4.69) is 20.8 Å². The van der Waals surface area contributed by atoms with Crippen LogP contribution in [0.25, 0.3) is 0 Å². The van der Waals surface area contributed by atoms with Crippen molar-refractivity contribution in [3.05, 3.63) is 0 Å². The monoisotopic (exact) mass is 186 g/mol. The molecule has 0 unspecified atom stereocenters. The summed E-state index contributed by atoms with van der Waals surface area (Å²) in [5, 5.41) is 8.67. The SMILES string of the molecule is C[C@H]1C[C@H](OCCO)CC(C)(C)C1. The van der Waals surface area contributed by atoms with Crippen molar-refractivity contribution in [1.29, 1.82) is 0 Å². The van der Waals surface area contributed by atoms with E-state index in [1.54, 1.807) is 0 Å². The molecular weight excluding hydrogens is 164 g/mol. The Kier molecular flexibility index (Phi) is 3.74. The van der Waals surface area contributed by atoms with Crippen molar-refractivity contribution in [2.45, 2.75) is 46.1 Å². The molecule has 0 amide bonds. The maximum atomic E-state index is 8.67. The Bertz CT molecular complexity index is 154.